The second-order valence-electron chi connectivity index (χ2n) is 5.98. The number of amides is 2. The van der Waals surface area contributed by atoms with Gasteiger partial charge in [0.1, 0.15) is 13.1 Å². The summed E-state index contributed by atoms with van der Waals surface area (Å²) in [6.45, 7) is 6.52. The van der Waals surface area contributed by atoms with E-state index < -0.39 is 12.1 Å². The van der Waals surface area contributed by atoms with Gasteiger partial charge in [-0.15, -0.1) is 0 Å². The number of hydrogen-bond donors (Lipinski definition) is 0. The highest BCUT2D eigenvalue weighted by molar-refractivity contribution is 5.85. The highest BCUT2D eigenvalue weighted by Gasteiger charge is 2.19. The summed E-state index contributed by atoms with van der Waals surface area (Å²) in [5.74, 6) is -0.221. The lowest BCUT2D eigenvalue weighted by atomic mass is 10.1. The molecule has 7 nitrogen and oxygen atoms in total. The minimum atomic E-state index is -0.551. The van der Waals surface area contributed by atoms with Crippen LogP contribution in [0.1, 0.15) is 40.0 Å². The first-order valence-electron chi connectivity index (χ1n) is 8.05. The lowest BCUT2D eigenvalue weighted by molar-refractivity contribution is -0.148. The van der Waals surface area contributed by atoms with Crippen LogP contribution >= 0.6 is 0 Å². The van der Waals surface area contributed by atoms with Crippen LogP contribution in [0, 0.1) is 5.92 Å². The number of hydrogen-bond acceptors (Lipinski definition) is 5. The highest BCUT2D eigenvalue weighted by atomic mass is 16.6. The van der Waals surface area contributed by atoms with E-state index in [0.29, 0.717) is 19.1 Å². The molecule has 0 aliphatic heterocycles. The quantitative estimate of drug-likeness (QED) is 0.452. The molecule has 0 aliphatic rings. The Labute approximate surface area is 138 Å². The first kappa shape index (κ1) is 21.2. The summed E-state index contributed by atoms with van der Waals surface area (Å²) < 4.78 is 10.0. The largest absolute Gasteiger partial charge is 0.464 e. The van der Waals surface area contributed by atoms with Gasteiger partial charge in [0.15, 0.2) is 0 Å². The molecule has 0 atom stereocenters. The maximum absolute atomic E-state index is 12.0. The van der Waals surface area contributed by atoms with Crippen LogP contribution in [0.15, 0.2) is 0 Å². The van der Waals surface area contributed by atoms with Gasteiger partial charge >= 0.3 is 12.1 Å². The van der Waals surface area contributed by atoms with Gasteiger partial charge in [-0.3, -0.25) is 9.59 Å². The Kier molecular flexibility index (Phi) is 10.8. The van der Waals surface area contributed by atoms with Crippen LogP contribution in [0.4, 0.5) is 4.79 Å². The molecule has 0 heterocycles. The monoisotopic (exact) mass is 330 g/mol. The van der Waals surface area contributed by atoms with E-state index in [0.717, 1.165) is 19.3 Å². The molecule has 0 aromatic carbocycles. The van der Waals surface area contributed by atoms with Crippen molar-refractivity contribution in [2.75, 3.05) is 40.4 Å². The van der Waals surface area contributed by atoms with Gasteiger partial charge in [-0.05, 0) is 25.2 Å². The number of rotatable bonds is 10. The predicted octanol–water partition coefficient (Wildman–Crippen LogP) is 1.90. The zero-order valence-electron chi connectivity index (χ0n) is 15.0. The van der Waals surface area contributed by atoms with Crippen LogP contribution in [0.25, 0.3) is 0 Å². The van der Waals surface area contributed by atoms with Gasteiger partial charge < -0.3 is 19.3 Å². The van der Waals surface area contributed by atoms with Crippen molar-refractivity contribution in [2.45, 2.75) is 40.0 Å². The lowest BCUT2D eigenvalue weighted by Gasteiger charge is -2.21. The average Bonchev–Trinajstić information content (AvgIpc) is 2.48. The van der Waals surface area contributed by atoms with Gasteiger partial charge in [0.2, 0.25) is 5.91 Å². The van der Waals surface area contributed by atoms with Gasteiger partial charge in [0.25, 0.3) is 0 Å². The third-order valence-electron chi connectivity index (χ3n) is 3.09. The molecular weight excluding hydrogens is 300 g/mol. The van der Waals surface area contributed by atoms with E-state index in [1.54, 1.807) is 0 Å². The average molecular weight is 330 g/mol. The summed E-state index contributed by atoms with van der Waals surface area (Å²) in [4.78, 5) is 37.6. The fourth-order valence-corrected chi connectivity index (χ4v) is 1.69. The molecule has 0 aromatic rings. The molecule has 0 aliphatic carbocycles. The van der Waals surface area contributed by atoms with Gasteiger partial charge in [0, 0.05) is 14.1 Å². The van der Waals surface area contributed by atoms with Crippen molar-refractivity contribution < 1.29 is 23.9 Å². The standard InChI is InChI=1S/C16H30N2O5/c1-6-9-23-16(21)18(5)11-14(19)17(4)12-15(20)22-10-7-8-13(2)3/h13H,6-12H2,1-5H3. The lowest BCUT2D eigenvalue weighted by Crippen LogP contribution is -2.41. The molecule has 0 rings (SSSR count). The van der Waals surface area contributed by atoms with E-state index in [1.807, 2.05) is 6.92 Å². The molecule has 0 fully saturated rings. The fraction of sp³-hybridized carbons (Fsp3) is 0.812. The molecule has 0 saturated carbocycles. The molecule has 2 amide bonds. The Bertz CT molecular complexity index is 385. The molecule has 0 unspecified atom stereocenters. The molecule has 0 bridgehead atoms. The number of carbonyl (C=O) groups is 3. The third-order valence-corrected chi connectivity index (χ3v) is 3.09. The van der Waals surface area contributed by atoms with Crippen LogP contribution < -0.4 is 0 Å². The predicted molar refractivity (Wildman–Crippen MR) is 86.9 cm³/mol. The normalized spacial score (nSPS) is 10.3. The summed E-state index contributed by atoms with van der Waals surface area (Å²) >= 11 is 0. The number of likely N-dealkylation sites (N-methyl/N-ethyl adjacent to an activating group) is 2. The van der Waals surface area contributed by atoms with Crippen LogP contribution in [-0.2, 0) is 19.1 Å². The zero-order valence-corrected chi connectivity index (χ0v) is 15.0. The SMILES string of the molecule is CCCOC(=O)N(C)CC(=O)N(C)CC(=O)OCCCC(C)C. The minimum Gasteiger partial charge on any atom is -0.464 e. The van der Waals surface area contributed by atoms with Crippen LogP contribution in [-0.4, -0.2) is 68.2 Å². The van der Waals surface area contributed by atoms with Gasteiger partial charge in [-0.1, -0.05) is 20.8 Å². The molecule has 134 valence electrons. The van der Waals surface area contributed by atoms with E-state index in [9.17, 15) is 14.4 Å². The minimum absolute atomic E-state index is 0.127. The summed E-state index contributed by atoms with van der Waals surface area (Å²) in [7, 11) is 2.98. The first-order chi connectivity index (χ1) is 10.8. The van der Waals surface area contributed by atoms with Crippen molar-refractivity contribution in [1.82, 2.24) is 9.80 Å². The molecule has 7 heteroatoms. The second-order valence-corrected chi connectivity index (χ2v) is 5.98. The van der Waals surface area contributed by atoms with Crippen molar-refractivity contribution in [1.29, 1.82) is 0 Å². The van der Waals surface area contributed by atoms with Gasteiger partial charge in [-0.2, -0.15) is 0 Å². The Balaban J connectivity index is 4.04. The van der Waals surface area contributed by atoms with Crippen molar-refractivity contribution >= 4 is 18.0 Å². The molecule has 23 heavy (non-hydrogen) atoms. The smallest absolute Gasteiger partial charge is 0.409 e. The molecule has 0 spiro atoms. The maximum atomic E-state index is 12.0. The number of esters is 1. The van der Waals surface area contributed by atoms with E-state index in [4.69, 9.17) is 9.47 Å². The Morgan fingerprint density at radius 3 is 2.17 bits per heavy atom. The van der Waals surface area contributed by atoms with E-state index in [1.165, 1.54) is 23.9 Å². The van der Waals surface area contributed by atoms with E-state index in [-0.39, 0.29) is 19.0 Å². The number of ether oxygens (including phenoxy) is 2. The van der Waals surface area contributed by atoms with Crippen LogP contribution in [0.2, 0.25) is 0 Å². The van der Waals surface area contributed by atoms with E-state index in [2.05, 4.69) is 13.8 Å². The number of nitrogens with zero attached hydrogens (tertiary/aromatic N) is 2. The Morgan fingerprint density at radius 2 is 1.61 bits per heavy atom. The Hall–Kier alpha value is -1.79. The van der Waals surface area contributed by atoms with Crippen LogP contribution in [0.3, 0.4) is 0 Å². The highest BCUT2D eigenvalue weighted by Crippen LogP contribution is 2.03. The van der Waals surface area contributed by atoms with Crippen molar-refractivity contribution in [3.05, 3.63) is 0 Å². The molecule has 0 saturated heterocycles. The molecule has 0 aromatic heterocycles. The molecule has 0 radical (unpaired) electrons. The Morgan fingerprint density at radius 1 is 0.957 bits per heavy atom. The maximum Gasteiger partial charge on any atom is 0.409 e. The van der Waals surface area contributed by atoms with Crippen molar-refractivity contribution in [2.24, 2.45) is 5.92 Å². The van der Waals surface area contributed by atoms with Gasteiger partial charge in [-0.25, -0.2) is 4.79 Å². The summed E-state index contributed by atoms with van der Waals surface area (Å²) in [6, 6.07) is 0. The van der Waals surface area contributed by atoms with Crippen molar-refractivity contribution in [3.63, 3.8) is 0 Å². The first-order valence-corrected chi connectivity index (χ1v) is 8.05. The van der Waals surface area contributed by atoms with Gasteiger partial charge in [0.05, 0.1) is 13.2 Å². The van der Waals surface area contributed by atoms with Crippen molar-refractivity contribution in [3.8, 4) is 0 Å². The fourth-order valence-electron chi connectivity index (χ4n) is 1.69. The van der Waals surface area contributed by atoms with Crippen LogP contribution in [0.5, 0.6) is 0 Å². The van der Waals surface area contributed by atoms with E-state index >= 15 is 0 Å². The third kappa shape index (κ3) is 10.5. The summed E-state index contributed by atoms with van der Waals surface area (Å²) in [5, 5.41) is 0. The summed E-state index contributed by atoms with van der Waals surface area (Å²) in [6.07, 6.45) is 1.97. The molecule has 0 N–H and O–H groups in total. The number of carbonyl (C=O) groups excluding carboxylic acids is 3. The zero-order chi connectivity index (χ0) is 17.8. The molecular formula is C16H30N2O5. The second kappa shape index (κ2) is 11.7. The summed E-state index contributed by atoms with van der Waals surface area (Å²) in [5.41, 5.74) is 0. The topological polar surface area (TPSA) is 76.2 Å².